The van der Waals surface area contributed by atoms with Crippen LogP contribution in [0.25, 0.3) is 11.3 Å². The van der Waals surface area contributed by atoms with Crippen molar-refractivity contribution < 1.29 is 14.4 Å². The summed E-state index contributed by atoms with van der Waals surface area (Å²) in [5.74, 6) is -0.100. The lowest BCUT2D eigenvalue weighted by atomic mass is 9.35. The van der Waals surface area contributed by atoms with Crippen LogP contribution < -0.4 is 0 Å². The number of nitrogens with zero attached hydrogens (tertiary/aromatic N) is 4. The fraction of sp³-hybridized carbons (Fsp3) is 0.610. The van der Waals surface area contributed by atoms with E-state index in [0.717, 1.165) is 62.5 Å². The average Bonchev–Trinajstić information content (AvgIpc) is 3.52. The molecule has 252 valence electrons. The van der Waals surface area contributed by atoms with Crippen molar-refractivity contribution in [2.75, 3.05) is 0 Å². The third-order valence-electron chi connectivity index (χ3n) is 14.3. The minimum absolute atomic E-state index is 0.00718. The minimum Gasteiger partial charge on any atom is -0.295 e. The second kappa shape index (κ2) is 10.7. The fourth-order valence-corrected chi connectivity index (χ4v) is 11.4. The number of carbonyl (C=O) groups is 3. The number of hydrogen-bond acceptors (Lipinski definition) is 6. The number of carbonyl (C=O) groups excluding carboxylic acids is 3. The van der Waals surface area contributed by atoms with Gasteiger partial charge in [0, 0.05) is 41.9 Å². The molecule has 3 saturated carbocycles. The number of aromatic nitrogens is 3. The van der Waals surface area contributed by atoms with Crippen molar-refractivity contribution in [2.45, 2.75) is 106 Å². The molecule has 0 N–H and O–H groups in total. The molecule has 0 radical (unpaired) electrons. The molecule has 5 aliphatic carbocycles. The SMILES string of the molecule is CC1(C)CC(=O)/C(C#N)=C\C2(C)C3=CC(=O)C4C5CC(C)(C)CCC5(C(=O)n5cnc(-c6cccnc6)c5)CCC4(C)C3(C)CCC2C1. The average molecular weight is 647 g/mol. The molecule has 7 heteroatoms. The monoisotopic (exact) mass is 646 g/mol. The summed E-state index contributed by atoms with van der Waals surface area (Å²) in [4.78, 5) is 51.9. The molecular weight excluding hydrogens is 596 g/mol. The number of nitriles is 1. The fourth-order valence-electron chi connectivity index (χ4n) is 11.4. The normalized spacial score (nSPS) is 39.5. The van der Waals surface area contributed by atoms with Crippen LogP contribution in [0.4, 0.5) is 0 Å². The van der Waals surface area contributed by atoms with Gasteiger partial charge in [0.25, 0.3) is 0 Å². The highest BCUT2D eigenvalue weighted by atomic mass is 16.2. The van der Waals surface area contributed by atoms with Gasteiger partial charge in [0.15, 0.2) is 11.6 Å². The molecule has 7 atom stereocenters. The Hall–Kier alpha value is -3.66. The maximum Gasteiger partial charge on any atom is 0.238 e. The summed E-state index contributed by atoms with van der Waals surface area (Å²) >= 11 is 0. The number of pyridine rings is 1. The Bertz CT molecular complexity index is 1810. The van der Waals surface area contributed by atoms with Crippen molar-refractivity contribution >= 4 is 17.5 Å². The molecule has 0 amide bonds. The molecule has 2 heterocycles. The summed E-state index contributed by atoms with van der Waals surface area (Å²) in [5.41, 5.74) is 0.748. The number of imidazole rings is 1. The molecule has 0 saturated heterocycles. The lowest BCUT2D eigenvalue weighted by Gasteiger charge is -2.68. The first-order valence-corrected chi connectivity index (χ1v) is 17.9. The quantitative estimate of drug-likeness (QED) is 0.324. The van der Waals surface area contributed by atoms with E-state index in [1.54, 1.807) is 23.3 Å². The number of Topliss-reactive ketones (excluding diaryl/α,β-unsaturated/α-hetero) is 1. The maximum atomic E-state index is 14.9. The molecule has 7 unspecified atom stereocenters. The number of hydrogen-bond donors (Lipinski definition) is 0. The summed E-state index contributed by atoms with van der Waals surface area (Å²) in [6, 6.07) is 6.06. The van der Waals surface area contributed by atoms with Gasteiger partial charge in [0.1, 0.15) is 12.4 Å². The van der Waals surface area contributed by atoms with Crippen LogP contribution in [0.1, 0.15) is 111 Å². The van der Waals surface area contributed by atoms with Gasteiger partial charge in [-0.1, -0.05) is 60.1 Å². The zero-order valence-corrected chi connectivity index (χ0v) is 29.7. The first-order valence-electron chi connectivity index (χ1n) is 17.9. The Morgan fingerprint density at radius 2 is 1.73 bits per heavy atom. The molecule has 2 aromatic rings. The van der Waals surface area contributed by atoms with Crippen molar-refractivity contribution in [3.63, 3.8) is 0 Å². The largest absolute Gasteiger partial charge is 0.295 e. The standard InChI is InChI=1S/C41H50N4O3/c1-36(2)12-14-41(35(48)45-24-30(44-25-45)26-9-8-16-43-23-26)15-13-40(7)34(29(41)20-36)31(46)17-33-38(5)18-27(22-42)32(47)21-37(3,4)19-28(38)10-11-39(33,40)6/h8-9,16-18,23-25,28-29,34H,10-15,19-21H2,1-7H3/b27-18-. The third kappa shape index (κ3) is 4.68. The Balaban J connectivity index is 1.34. The van der Waals surface area contributed by atoms with Crippen molar-refractivity contribution in [3.8, 4) is 17.3 Å². The van der Waals surface area contributed by atoms with Gasteiger partial charge in [-0.15, -0.1) is 0 Å². The molecular formula is C41H50N4O3. The second-order valence-corrected chi connectivity index (χ2v) is 18.2. The van der Waals surface area contributed by atoms with E-state index in [1.165, 1.54) is 0 Å². The smallest absolute Gasteiger partial charge is 0.238 e. The van der Waals surface area contributed by atoms with Crippen molar-refractivity contribution in [2.24, 2.45) is 50.2 Å². The van der Waals surface area contributed by atoms with Gasteiger partial charge in [0.05, 0.1) is 16.7 Å². The van der Waals surface area contributed by atoms with E-state index in [9.17, 15) is 19.6 Å². The van der Waals surface area contributed by atoms with E-state index in [1.807, 2.05) is 30.5 Å². The van der Waals surface area contributed by atoms with E-state index < -0.39 is 10.8 Å². The van der Waals surface area contributed by atoms with Crippen molar-refractivity contribution in [1.82, 2.24) is 14.5 Å². The van der Waals surface area contributed by atoms with E-state index >= 15 is 0 Å². The van der Waals surface area contributed by atoms with E-state index in [0.29, 0.717) is 12.1 Å². The Morgan fingerprint density at radius 3 is 2.44 bits per heavy atom. The van der Waals surface area contributed by atoms with Gasteiger partial charge < -0.3 is 0 Å². The molecule has 7 nitrogen and oxygen atoms in total. The van der Waals surface area contributed by atoms with Crippen molar-refractivity contribution in [3.05, 3.63) is 60.3 Å². The van der Waals surface area contributed by atoms with Gasteiger partial charge in [0.2, 0.25) is 5.91 Å². The third-order valence-corrected chi connectivity index (χ3v) is 14.3. The van der Waals surface area contributed by atoms with Gasteiger partial charge in [-0.05, 0) is 103 Å². The van der Waals surface area contributed by atoms with Gasteiger partial charge in [-0.25, -0.2) is 4.98 Å². The summed E-state index contributed by atoms with van der Waals surface area (Å²) in [6.45, 7) is 15.7. The van der Waals surface area contributed by atoms with Crippen LogP contribution in [-0.4, -0.2) is 32.0 Å². The lowest BCUT2D eigenvalue weighted by Crippen LogP contribution is -2.65. The van der Waals surface area contributed by atoms with Gasteiger partial charge >= 0.3 is 0 Å². The number of rotatable bonds is 2. The molecule has 48 heavy (non-hydrogen) atoms. The molecule has 0 aliphatic heterocycles. The Morgan fingerprint density at radius 1 is 0.979 bits per heavy atom. The minimum atomic E-state index is -0.657. The molecule has 5 aliphatic rings. The molecule has 3 fully saturated rings. The first kappa shape index (κ1) is 32.9. The van der Waals surface area contributed by atoms with E-state index in [2.05, 4.69) is 64.5 Å². The van der Waals surface area contributed by atoms with Crippen LogP contribution in [0.2, 0.25) is 0 Å². The summed E-state index contributed by atoms with van der Waals surface area (Å²) in [7, 11) is 0. The summed E-state index contributed by atoms with van der Waals surface area (Å²) in [5, 5.41) is 10.2. The topological polar surface area (TPSA) is 106 Å². The molecule has 7 rings (SSSR count). The van der Waals surface area contributed by atoms with Crippen LogP contribution in [0.5, 0.6) is 0 Å². The Labute approximate surface area is 285 Å². The lowest BCUT2D eigenvalue weighted by molar-refractivity contribution is -0.161. The highest BCUT2D eigenvalue weighted by Crippen LogP contribution is 2.73. The van der Waals surface area contributed by atoms with Crippen LogP contribution in [-0.2, 0) is 9.59 Å². The molecule has 0 aromatic carbocycles. The summed E-state index contributed by atoms with van der Waals surface area (Å²) in [6.07, 6.45) is 18.0. The van der Waals surface area contributed by atoms with E-state index in [4.69, 9.17) is 0 Å². The highest BCUT2D eigenvalue weighted by Gasteiger charge is 2.69. The van der Waals surface area contributed by atoms with Crippen LogP contribution in [0.3, 0.4) is 0 Å². The summed E-state index contributed by atoms with van der Waals surface area (Å²) < 4.78 is 1.68. The first-order chi connectivity index (χ1) is 22.5. The molecule has 0 bridgehead atoms. The van der Waals surface area contributed by atoms with Gasteiger partial charge in [-0.3, -0.25) is 23.9 Å². The second-order valence-electron chi connectivity index (χ2n) is 18.2. The molecule has 2 aromatic heterocycles. The Kier molecular flexibility index (Phi) is 7.30. The van der Waals surface area contributed by atoms with Crippen LogP contribution in [0.15, 0.2) is 60.3 Å². The number of allylic oxidation sites excluding steroid dienone is 4. The van der Waals surface area contributed by atoms with E-state index in [-0.39, 0.29) is 62.5 Å². The van der Waals surface area contributed by atoms with Crippen LogP contribution >= 0.6 is 0 Å². The predicted octanol–water partition coefficient (Wildman–Crippen LogP) is 8.59. The zero-order chi connectivity index (χ0) is 34.5. The molecule has 0 spiro atoms. The maximum absolute atomic E-state index is 14.9. The predicted molar refractivity (Wildman–Crippen MR) is 184 cm³/mol. The van der Waals surface area contributed by atoms with Crippen LogP contribution in [0, 0.1) is 61.6 Å². The van der Waals surface area contributed by atoms with Crippen molar-refractivity contribution in [1.29, 1.82) is 5.26 Å². The zero-order valence-electron chi connectivity index (χ0n) is 29.7. The number of fused-ring (bicyclic) bond motifs is 7. The van der Waals surface area contributed by atoms with Gasteiger partial charge in [-0.2, -0.15) is 5.26 Å². The number of ketones is 2. The highest BCUT2D eigenvalue weighted by molar-refractivity contribution is 6.00.